The molecule has 1 aromatic carbocycles. The van der Waals surface area contributed by atoms with Gasteiger partial charge in [0.2, 0.25) is 0 Å². The Balaban J connectivity index is 1.89. The Bertz CT molecular complexity index is 591. The molecule has 0 aliphatic heterocycles. The van der Waals surface area contributed by atoms with Crippen LogP contribution < -0.4 is 5.32 Å². The van der Waals surface area contributed by atoms with Gasteiger partial charge in [-0.25, -0.2) is 4.98 Å². The first-order valence-corrected chi connectivity index (χ1v) is 7.80. The zero-order valence-corrected chi connectivity index (χ0v) is 13.4. The molecule has 0 aliphatic carbocycles. The third-order valence-corrected chi connectivity index (χ3v) is 4.04. The molecule has 0 fully saturated rings. The van der Waals surface area contributed by atoms with E-state index in [0.717, 1.165) is 17.4 Å². The van der Waals surface area contributed by atoms with Crippen LogP contribution in [0.1, 0.15) is 36.6 Å². The summed E-state index contributed by atoms with van der Waals surface area (Å²) in [6.07, 6.45) is 0.220. The van der Waals surface area contributed by atoms with Crippen LogP contribution in [-0.4, -0.2) is 18.1 Å². The molecule has 2 rings (SSSR count). The van der Waals surface area contributed by atoms with Crippen LogP contribution in [0.3, 0.4) is 0 Å². The van der Waals surface area contributed by atoms with Crippen molar-refractivity contribution in [3.05, 3.63) is 46.5 Å². The minimum atomic E-state index is -0.267. The summed E-state index contributed by atoms with van der Waals surface area (Å²) in [6.45, 7) is 5.10. The molecule has 0 radical (unpaired) electrons. The molecule has 1 heterocycles. The SMILES string of the molecule is COC(=O)Cc1csc(NCc2ccc(C(C)C)cc2)n1. The summed E-state index contributed by atoms with van der Waals surface area (Å²) in [5.41, 5.74) is 3.29. The fraction of sp³-hybridized carbons (Fsp3) is 0.375. The highest BCUT2D eigenvalue weighted by Crippen LogP contribution is 2.18. The topological polar surface area (TPSA) is 51.2 Å². The number of carbonyl (C=O) groups excluding carboxylic acids is 1. The molecule has 21 heavy (non-hydrogen) atoms. The average Bonchev–Trinajstić information content (AvgIpc) is 2.93. The zero-order valence-electron chi connectivity index (χ0n) is 12.6. The molecule has 1 N–H and O–H groups in total. The van der Waals surface area contributed by atoms with Crippen LogP contribution in [0.25, 0.3) is 0 Å². The lowest BCUT2D eigenvalue weighted by atomic mass is 10.0. The zero-order chi connectivity index (χ0) is 15.2. The molecule has 0 aliphatic rings. The lowest BCUT2D eigenvalue weighted by Gasteiger charge is -2.07. The fourth-order valence-corrected chi connectivity index (χ4v) is 2.60. The van der Waals surface area contributed by atoms with E-state index in [0.29, 0.717) is 5.92 Å². The van der Waals surface area contributed by atoms with E-state index in [-0.39, 0.29) is 12.4 Å². The summed E-state index contributed by atoms with van der Waals surface area (Å²) >= 11 is 1.50. The van der Waals surface area contributed by atoms with Crippen LogP contribution in [-0.2, 0) is 22.5 Å². The summed E-state index contributed by atoms with van der Waals surface area (Å²) in [5.74, 6) is 0.281. The first-order chi connectivity index (χ1) is 10.1. The molecule has 0 bridgehead atoms. The number of benzene rings is 1. The second kappa shape index (κ2) is 7.22. The molecule has 5 heteroatoms. The van der Waals surface area contributed by atoms with E-state index in [1.54, 1.807) is 0 Å². The van der Waals surface area contributed by atoms with Crippen LogP contribution >= 0.6 is 11.3 Å². The van der Waals surface area contributed by atoms with E-state index in [9.17, 15) is 4.79 Å². The van der Waals surface area contributed by atoms with Crippen molar-refractivity contribution in [2.75, 3.05) is 12.4 Å². The third kappa shape index (κ3) is 4.56. The van der Waals surface area contributed by atoms with Crippen LogP contribution in [0, 0.1) is 0 Å². The van der Waals surface area contributed by atoms with E-state index in [2.05, 4.69) is 53.2 Å². The predicted octanol–water partition coefficient (Wildman–Crippen LogP) is 3.59. The second-order valence-electron chi connectivity index (χ2n) is 5.15. The summed E-state index contributed by atoms with van der Waals surface area (Å²) in [7, 11) is 1.38. The monoisotopic (exact) mass is 304 g/mol. The standard InChI is InChI=1S/C16H20N2O2S/c1-11(2)13-6-4-12(5-7-13)9-17-16-18-14(10-21-16)8-15(19)20-3/h4-7,10-11H,8-9H2,1-3H3,(H,17,18). The average molecular weight is 304 g/mol. The van der Waals surface area contributed by atoms with Gasteiger partial charge in [0.15, 0.2) is 5.13 Å². The number of carbonyl (C=O) groups is 1. The summed E-state index contributed by atoms with van der Waals surface area (Å²) in [5, 5.41) is 5.97. The lowest BCUT2D eigenvalue weighted by Crippen LogP contribution is -2.05. The quantitative estimate of drug-likeness (QED) is 0.829. The molecule has 0 saturated heterocycles. The molecule has 1 aromatic heterocycles. The summed E-state index contributed by atoms with van der Waals surface area (Å²) in [4.78, 5) is 15.5. The highest BCUT2D eigenvalue weighted by molar-refractivity contribution is 7.13. The first kappa shape index (κ1) is 15.5. The second-order valence-corrected chi connectivity index (χ2v) is 6.00. The van der Waals surface area contributed by atoms with Gasteiger partial charge in [-0.05, 0) is 17.0 Å². The van der Waals surface area contributed by atoms with E-state index < -0.39 is 0 Å². The number of methoxy groups -OCH3 is 1. The number of aromatic nitrogens is 1. The van der Waals surface area contributed by atoms with Gasteiger partial charge in [-0.1, -0.05) is 38.1 Å². The van der Waals surface area contributed by atoms with Gasteiger partial charge in [-0.15, -0.1) is 11.3 Å². The summed E-state index contributed by atoms with van der Waals surface area (Å²) < 4.78 is 4.63. The Morgan fingerprint density at radius 2 is 2.05 bits per heavy atom. The number of anilines is 1. The van der Waals surface area contributed by atoms with Gasteiger partial charge < -0.3 is 10.1 Å². The van der Waals surface area contributed by atoms with Crippen LogP contribution in [0.15, 0.2) is 29.6 Å². The molecular weight excluding hydrogens is 284 g/mol. The van der Waals surface area contributed by atoms with Crippen LogP contribution in [0.5, 0.6) is 0 Å². The highest BCUT2D eigenvalue weighted by Gasteiger charge is 2.07. The van der Waals surface area contributed by atoms with Crippen molar-refractivity contribution in [3.63, 3.8) is 0 Å². The fourth-order valence-electron chi connectivity index (χ4n) is 1.89. The van der Waals surface area contributed by atoms with Gasteiger partial charge in [-0.2, -0.15) is 0 Å². The Morgan fingerprint density at radius 3 is 2.67 bits per heavy atom. The van der Waals surface area contributed by atoms with Crippen molar-refractivity contribution < 1.29 is 9.53 Å². The molecule has 4 nitrogen and oxygen atoms in total. The van der Waals surface area contributed by atoms with Crippen molar-refractivity contribution >= 4 is 22.4 Å². The molecule has 0 amide bonds. The minimum absolute atomic E-state index is 0.220. The number of ether oxygens (including phenoxy) is 1. The van der Waals surface area contributed by atoms with Gasteiger partial charge in [0.25, 0.3) is 0 Å². The number of nitrogens with one attached hydrogen (secondary N) is 1. The normalized spacial score (nSPS) is 10.7. The maximum Gasteiger partial charge on any atom is 0.311 e. The lowest BCUT2D eigenvalue weighted by molar-refractivity contribution is -0.139. The Labute approximate surface area is 129 Å². The number of nitrogens with zero attached hydrogens (tertiary/aromatic N) is 1. The van der Waals surface area contributed by atoms with Crippen LogP contribution in [0.4, 0.5) is 5.13 Å². The van der Waals surface area contributed by atoms with Gasteiger partial charge in [0.1, 0.15) is 0 Å². The highest BCUT2D eigenvalue weighted by atomic mass is 32.1. The molecule has 0 saturated carbocycles. The molecule has 0 atom stereocenters. The Kier molecular flexibility index (Phi) is 5.33. The van der Waals surface area contributed by atoms with E-state index in [1.807, 2.05) is 5.38 Å². The molecular formula is C16H20N2O2S. The van der Waals surface area contributed by atoms with Gasteiger partial charge in [-0.3, -0.25) is 4.79 Å². The maximum absolute atomic E-state index is 11.2. The van der Waals surface area contributed by atoms with Crippen molar-refractivity contribution in [2.24, 2.45) is 0 Å². The third-order valence-electron chi connectivity index (χ3n) is 3.19. The number of rotatable bonds is 6. The number of esters is 1. The molecule has 112 valence electrons. The van der Waals surface area contributed by atoms with Crippen molar-refractivity contribution in [1.29, 1.82) is 0 Å². The maximum atomic E-state index is 11.2. The number of hydrogen-bond acceptors (Lipinski definition) is 5. The van der Waals surface area contributed by atoms with E-state index in [1.165, 1.54) is 29.6 Å². The smallest absolute Gasteiger partial charge is 0.311 e. The van der Waals surface area contributed by atoms with E-state index >= 15 is 0 Å². The molecule has 2 aromatic rings. The van der Waals surface area contributed by atoms with E-state index in [4.69, 9.17) is 0 Å². The minimum Gasteiger partial charge on any atom is -0.469 e. The summed E-state index contributed by atoms with van der Waals surface area (Å²) in [6, 6.07) is 8.58. The predicted molar refractivity (Wildman–Crippen MR) is 85.7 cm³/mol. The van der Waals surface area contributed by atoms with Gasteiger partial charge in [0.05, 0.1) is 19.2 Å². The largest absolute Gasteiger partial charge is 0.469 e. The first-order valence-electron chi connectivity index (χ1n) is 6.92. The van der Waals surface area contributed by atoms with Crippen molar-refractivity contribution in [2.45, 2.75) is 32.7 Å². The van der Waals surface area contributed by atoms with Crippen molar-refractivity contribution in [3.8, 4) is 0 Å². The van der Waals surface area contributed by atoms with Gasteiger partial charge in [0, 0.05) is 11.9 Å². The van der Waals surface area contributed by atoms with Crippen LogP contribution in [0.2, 0.25) is 0 Å². The Hall–Kier alpha value is -1.88. The Morgan fingerprint density at radius 1 is 1.33 bits per heavy atom. The molecule has 0 spiro atoms. The van der Waals surface area contributed by atoms with Gasteiger partial charge >= 0.3 is 5.97 Å². The number of hydrogen-bond donors (Lipinski definition) is 1. The molecule has 0 unspecified atom stereocenters. The van der Waals surface area contributed by atoms with Crippen molar-refractivity contribution in [1.82, 2.24) is 4.98 Å². The number of thiazole rings is 1.